The highest BCUT2D eigenvalue weighted by molar-refractivity contribution is 7.15. The summed E-state index contributed by atoms with van der Waals surface area (Å²) in [6.45, 7) is 2.41. The van der Waals surface area contributed by atoms with Crippen molar-refractivity contribution >= 4 is 22.2 Å². The van der Waals surface area contributed by atoms with Gasteiger partial charge in [-0.05, 0) is 30.5 Å². The summed E-state index contributed by atoms with van der Waals surface area (Å²) in [5, 5.41) is 8.36. The van der Waals surface area contributed by atoms with Crippen molar-refractivity contribution in [2.24, 2.45) is 0 Å². The first-order valence-corrected chi connectivity index (χ1v) is 8.68. The predicted octanol–water partition coefficient (Wildman–Crippen LogP) is 2.40. The number of thiazole rings is 1. The third-order valence-corrected chi connectivity index (χ3v) is 5.05. The summed E-state index contributed by atoms with van der Waals surface area (Å²) in [5.41, 5.74) is 2.80. The lowest BCUT2D eigenvalue weighted by Gasteiger charge is -2.14. The molecule has 3 heterocycles. The molecule has 1 aliphatic rings. The van der Waals surface area contributed by atoms with E-state index in [4.69, 9.17) is 0 Å². The van der Waals surface area contributed by atoms with Crippen molar-refractivity contribution < 1.29 is 4.79 Å². The molecule has 5 nitrogen and oxygen atoms in total. The maximum absolute atomic E-state index is 12.6. The number of amides is 1. The lowest BCUT2D eigenvalue weighted by atomic mass is 9.93. The minimum atomic E-state index is -0.0242. The van der Waals surface area contributed by atoms with Gasteiger partial charge < -0.3 is 10.6 Å². The van der Waals surface area contributed by atoms with Gasteiger partial charge in [-0.1, -0.05) is 18.2 Å². The van der Waals surface area contributed by atoms with Crippen LogP contribution in [0.25, 0.3) is 4.96 Å². The average molecular weight is 326 g/mol. The Labute approximate surface area is 138 Å². The Morgan fingerprint density at radius 3 is 3.17 bits per heavy atom. The molecule has 1 atom stereocenters. The summed E-state index contributed by atoms with van der Waals surface area (Å²) >= 11 is 1.59. The minimum Gasteiger partial charge on any atom is -0.346 e. The Bertz CT molecular complexity index is 803. The molecule has 23 heavy (non-hydrogen) atoms. The van der Waals surface area contributed by atoms with Gasteiger partial charge in [-0.2, -0.15) is 0 Å². The summed E-state index contributed by atoms with van der Waals surface area (Å²) in [7, 11) is 0. The molecule has 118 valence electrons. The van der Waals surface area contributed by atoms with E-state index in [0.29, 0.717) is 12.5 Å². The Morgan fingerprint density at radius 2 is 2.35 bits per heavy atom. The van der Waals surface area contributed by atoms with E-state index in [1.54, 1.807) is 11.3 Å². The van der Waals surface area contributed by atoms with Crippen LogP contribution in [0, 0.1) is 0 Å². The summed E-state index contributed by atoms with van der Waals surface area (Å²) in [6, 6.07) is 7.91. The Balaban J connectivity index is 1.49. The molecule has 1 aromatic carbocycles. The highest BCUT2D eigenvalue weighted by atomic mass is 32.1. The SMILES string of the molecule is O=C(NCc1cn2ccsc2n1)c1ccccc1[C@@H]1CCNC1. The fraction of sp³-hybridized carbons (Fsp3) is 0.294. The molecule has 2 N–H and O–H groups in total. The van der Waals surface area contributed by atoms with Crippen molar-refractivity contribution in [3.63, 3.8) is 0 Å². The third-order valence-electron chi connectivity index (χ3n) is 4.28. The molecular weight excluding hydrogens is 308 g/mol. The van der Waals surface area contributed by atoms with Gasteiger partial charge in [-0.25, -0.2) is 4.98 Å². The van der Waals surface area contributed by atoms with Gasteiger partial charge in [-0.15, -0.1) is 11.3 Å². The second kappa shape index (κ2) is 6.14. The molecule has 1 aliphatic heterocycles. The minimum absolute atomic E-state index is 0.0242. The first-order chi connectivity index (χ1) is 11.3. The monoisotopic (exact) mass is 326 g/mol. The predicted molar refractivity (Wildman–Crippen MR) is 90.9 cm³/mol. The van der Waals surface area contributed by atoms with E-state index in [2.05, 4.69) is 21.7 Å². The van der Waals surface area contributed by atoms with Crippen LogP contribution in [0.3, 0.4) is 0 Å². The van der Waals surface area contributed by atoms with E-state index in [1.165, 1.54) is 0 Å². The maximum atomic E-state index is 12.6. The zero-order chi connectivity index (χ0) is 15.6. The van der Waals surface area contributed by atoms with Gasteiger partial charge in [0.05, 0.1) is 12.2 Å². The van der Waals surface area contributed by atoms with Crippen LogP contribution in [-0.2, 0) is 6.54 Å². The lowest BCUT2D eigenvalue weighted by molar-refractivity contribution is 0.0949. The van der Waals surface area contributed by atoms with E-state index in [9.17, 15) is 4.79 Å². The molecule has 3 aromatic rings. The maximum Gasteiger partial charge on any atom is 0.251 e. The molecule has 4 rings (SSSR count). The summed E-state index contributed by atoms with van der Waals surface area (Å²) in [4.78, 5) is 18.0. The number of nitrogens with one attached hydrogen (secondary N) is 2. The Morgan fingerprint density at radius 1 is 1.43 bits per heavy atom. The largest absolute Gasteiger partial charge is 0.346 e. The molecule has 0 unspecified atom stereocenters. The van der Waals surface area contributed by atoms with Gasteiger partial charge in [-0.3, -0.25) is 9.20 Å². The first-order valence-electron chi connectivity index (χ1n) is 7.80. The van der Waals surface area contributed by atoms with E-state index in [-0.39, 0.29) is 5.91 Å². The van der Waals surface area contributed by atoms with Crippen LogP contribution >= 0.6 is 11.3 Å². The second-order valence-corrected chi connectivity index (χ2v) is 6.66. The fourth-order valence-electron chi connectivity index (χ4n) is 3.11. The van der Waals surface area contributed by atoms with Crippen molar-refractivity contribution in [1.29, 1.82) is 0 Å². The first kappa shape index (κ1) is 14.4. The van der Waals surface area contributed by atoms with Crippen molar-refractivity contribution in [2.45, 2.75) is 18.9 Å². The molecule has 6 heteroatoms. The van der Waals surface area contributed by atoms with Gasteiger partial charge in [0.15, 0.2) is 4.96 Å². The van der Waals surface area contributed by atoms with Gasteiger partial charge in [0, 0.05) is 29.9 Å². The van der Waals surface area contributed by atoms with Crippen molar-refractivity contribution in [2.75, 3.05) is 13.1 Å². The molecule has 1 fully saturated rings. The lowest BCUT2D eigenvalue weighted by Crippen LogP contribution is -2.25. The van der Waals surface area contributed by atoms with Crippen molar-refractivity contribution in [1.82, 2.24) is 20.0 Å². The number of carbonyl (C=O) groups excluding carboxylic acids is 1. The highest BCUT2D eigenvalue weighted by Gasteiger charge is 2.21. The molecule has 0 bridgehead atoms. The average Bonchev–Trinajstić information content (AvgIpc) is 3.29. The van der Waals surface area contributed by atoms with Crippen LogP contribution in [0.15, 0.2) is 42.0 Å². The zero-order valence-corrected chi connectivity index (χ0v) is 13.5. The topological polar surface area (TPSA) is 58.4 Å². The smallest absolute Gasteiger partial charge is 0.251 e. The highest BCUT2D eigenvalue weighted by Crippen LogP contribution is 2.25. The van der Waals surface area contributed by atoms with Gasteiger partial charge in [0.2, 0.25) is 0 Å². The molecule has 2 aromatic heterocycles. The third kappa shape index (κ3) is 2.87. The number of benzene rings is 1. The number of aromatic nitrogens is 2. The van der Waals surface area contributed by atoms with E-state index in [1.807, 2.05) is 40.4 Å². The number of fused-ring (bicyclic) bond motifs is 1. The number of hydrogen-bond acceptors (Lipinski definition) is 4. The van der Waals surface area contributed by atoms with Crippen LogP contribution in [0.5, 0.6) is 0 Å². The van der Waals surface area contributed by atoms with Crippen LogP contribution in [0.1, 0.15) is 34.0 Å². The number of nitrogens with zero attached hydrogens (tertiary/aromatic N) is 2. The van der Waals surface area contributed by atoms with Gasteiger partial charge >= 0.3 is 0 Å². The van der Waals surface area contributed by atoms with Crippen LogP contribution in [0.2, 0.25) is 0 Å². The van der Waals surface area contributed by atoms with Gasteiger partial charge in [0.25, 0.3) is 5.91 Å². The Kier molecular flexibility index (Phi) is 3.85. The summed E-state index contributed by atoms with van der Waals surface area (Å²) in [6.07, 6.45) is 5.02. The number of imidazole rings is 1. The molecule has 0 saturated carbocycles. The fourth-order valence-corrected chi connectivity index (χ4v) is 3.83. The number of carbonyl (C=O) groups is 1. The standard InChI is InChI=1S/C17H18N4OS/c22-16(19-10-13-11-21-7-8-23-17(21)20-13)15-4-2-1-3-14(15)12-5-6-18-9-12/h1-4,7-8,11-12,18H,5-6,9-10H2,(H,19,22)/t12-/m1/s1. The number of rotatable bonds is 4. The van der Waals surface area contributed by atoms with Crippen molar-refractivity contribution in [3.05, 3.63) is 58.9 Å². The zero-order valence-electron chi connectivity index (χ0n) is 12.7. The summed E-state index contributed by atoms with van der Waals surface area (Å²) in [5.74, 6) is 0.402. The normalized spacial score (nSPS) is 17.7. The van der Waals surface area contributed by atoms with Crippen molar-refractivity contribution in [3.8, 4) is 0 Å². The van der Waals surface area contributed by atoms with Gasteiger partial charge in [0.1, 0.15) is 0 Å². The molecule has 0 radical (unpaired) electrons. The Hall–Kier alpha value is -2.18. The van der Waals surface area contributed by atoms with E-state index >= 15 is 0 Å². The quantitative estimate of drug-likeness (QED) is 0.774. The molecular formula is C17H18N4OS. The van der Waals surface area contributed by atoms with E-state index in [0.717, 1.165) is 41.3 Å². The molecule has 1 saturated heterocycles. The van der Waals surface area contributed by atoms with Crippen LogP contribution in [0.4, 0.5) is 0 Å². The van der Waals surface area contributed by atoms with Crippen LogP contribution < -0.4 is 10.6 Å². The molecule has 0 aliphatic carbocycles. The second-order valence-electron chi connectivity index (χ2n) is 5.78. The van der Waals surface area contributed by atoms with Crippen LogP contribution in [-0.4, -0.2) is 28.4 Å². The number of hydrogen-bond donors (Lipinski definition) is 2. The molecule has 1 amide bonds. The van der Waals surface area contributed by atoms with E-state index < -0.39 is 0 Å². The summed E-state index contributed by atoms with van der Waals surface area (Å²) < 4.78 is 1.98. The molecule has 0 spiro atoms.